The van der Waals surface area contributed by atoms with Crippen LogP contribution >= 0.6 is 0 Å². The lowest BCUT2D eigenvalue weighted by molar-refractivity contribution is 0.413. The zero-order chi connectivity index (χ0) is 12.8. The third-order valence-electron chi connectivity index (χ3n) is 2.63. The van der Waals surface area contributed by atoms with Gasteiger partial charge in [0.1, 0.15) is 5.75 Å². The summed E-state index contributed by atoms with van der Waals surface area (Å²) in [6, 6.07) is 19.5. The normalized spacial score (nSPS) is 10.8. The molecule has 0 N–H and O–H groups in total. The minimum Gasteiger partial charge on any atom is -0.496 e. The molecule has 0 saturated carbocycles. The highest BCUT2D eigenvalue weighted by Crippen LogP contribution is 2.26. The van der Waals surface area contributed by atoms with E-state index in [9.17, 15) is 5.26 Å². The third-order valence-corrected chi connectivity index (χ3v) is 2.63. The van der Waals surface area contributed by atoms with Crippen molar-refractivity contribution in [3.8, 4) is 11.8 Å². The van der Waals surface area contributed by atoms with Crippen LogP contribution in [-0.2, 0) is 0 Å². The number of nitriles is 1. The van der Waals surface area contributed by atoms with Crippen LogP contribution in [0, 0.1) is 11.3 Å². The summed E-state index contributed by atoms with van der Waals surface area (Å²) < 4.78 is 5.27. The molecule has 88 valence electrons. The first-order chi connectivity index (χ1) is 8.85. The van der Waals surface area contributed by atoms with Crippen LogP contribution in [0.2, 0.25) is 0 Å². The summed E-state index contributed by atoms with van der Waals surface area (Å²) in [4.78, 5) is 0. The molecule has 0 aliphatic carbocycles. The number of rotatable bonds is 3. The van der Waals surface area contributed by atoms with E-state index in [1.807, 2.05) is 60.7 Å². The van der Waals surface area contributed by atoms with Crippen molar-refractivity contribution in [3.05, 3.63) is 65.7 Å². The molecular weight excluding hydrogens is 222 g/mol. The van der Waals surface area contributed by atoms with Crippen LogP contribution in [0.5, 0.6) is 5.75 Å². The van der Waals surface area contributed by atoms with Gasteiger partial charge < -0.3 is 4.74 Å². The maximum atomic E-state index is 9.29. The van der Waals surface area contributed by atoms with Crippen molar-refractivity contribution in [2.75, 3.05) is 7.11 Å². The van der Waals surface area contributed by atoms with E-state index in [0.717, 1.165) is 11.1 Å². The van der Waals surface area contributed by atoms with Crippen molar-refractivity contribution in [2.45, 2.75) is 0 Å². The lowest BCUT2D eigenvalue weighted by Gasteiger charge is -2.06. The number of benzene rings is 2. The minimum absolute atomic E-state index is 0.596. The van der Waals surface area contributed by atoms with Gasteiger partial charge in [-0.3, -0.25) is 0 Å². The quantitative estimate of drug-likeness (QED) is 0.599. The lowest BCUT2D eigenvalue weighted by atomic mass is 10.0. The lowest BCUT2D eigenvalue weighted by Crippen LogP contribution is -1.90. The molecule has 0 aliphatic heterocycles. The molecule has 2 nitrogen and oxygen atoms in total. The van der Waals surface area contributed by atoms with Crippen LogP contribution in [0.25, 0.3) is 11.6 Å². The molecule has 0 aliphatic rings. The van der Waals surface area contributed by atoms with Crippen LogP contribution in [0.4, 0.5) is 0 Å². The average Bonchev–Trinajstić information content (AvgIpc) is 2.46. The smallest absolute Gasteiger partial charge is 0.127 e. The van der Waals surface area contributed by atoms with Crippen molar-refractivity contribution in [2.24, 2.45) is 0 Å². The van der Waals surface area contributed by atoms with E-state index in [0.29, 0.717) is 11.3 Å². The Morgan fingerprint density at radius 1 is 1.06 bits per heavy atom. The van der Waals surface area contributed by atoms with Crippen LogP contribution in [-0.4, -0.2) is 7.11 Å². The summed E-state index contributed by atoms with van der Waals surface area (Å²) in [5, 5.41) is 9.29. The highest BCUT2D eigenvalue weighted by molar-refractivity contribution is 5.91. The summed E-state index contributed by atoms with van der Waals surface area (Å²) in [5.41, 5.74) is 2.41. The number of hydrogen-bond acceptors (Lipinski definition) is 2. The van der Waals surface area contributed by atoms with Gasteiger partial charge in [-0.05, 0) is 23.8 Å². The molecule has 0 unspecified atom stereocenters. The van der Waals surface area contributed by atoms with Crippen molar-refractivity contribution < 1.29 is 4.74 Å². The standard InChI is InChI=1S/C16H13NO/c1-18-16-10-6-5-9-15(16)14(12-17)11-13-7-3-2-4-8-13/h2-11H,1H3. The van der Waals surface area contributed by atoms with Crippen molar-refractivity contribution in [3.63, 3.8) is 0 Å². The second-order valence-corrected chi connectivity index (χ2v) is 3.78. The van der Waals surface area contributed by atoms with E-state index in [4.69, 9.17) is 4.74 Å². The summed E-state index contributed by atoms with van der Waals surface area (Å²) in [7, 11) is 1.61. The average molecular weight is 235 g/mol. The highest BCUT2D eigenvalue weighted by atomic mass is 16.5. The maximum absolute atomic E-state index is 9.29. The van der Waals surface area contributed by atoms with Gasteiger partial charge >= 0.3 is 0 Å². The summed E-state index contributed by atoms with van der Waals surface area (Å²) in [5.74, 6) is 0.709. The van der Waals surface area contributed by atoms with E-state index in [2.05, 4.69) is 6.07 Å². The Morgan fingerprint density at radius 2 is 1.72 bits per heavy atom. The number of nitrogens with zero attached hydrogens (tertiary/aromatic N) is 1. The van der Waals surface area contributed by atoms with Gasteiger partial charge in [0.25, 0.3) is 0 Å². The van der Waals surface area contributed by atoms with Crippen LogP contribution < -0.4 is 4.74 Å². The molecule has 0 radical (unpaired) electrons. The summed E-state index contributed by atoms with van der Waals surface area (Å²) >= 11 is 0. The SMILES string of the molecule is COc1ccccc1C(C#N)=Cc1ccccc1. The Morgan fingerprint density at radius 3 is 2.39 bits per heavy atom. The van der Waals surface area contributed by atoms with E-state index < -0.39 is 0 Å². The molecule has 18 heavy (non-hydrogen) atoms. The first kappa shape index (κ1) is 11.9. The second-order valence-electron chi connectivity index (χ2n) is 3.78. The van der Waals surface area contributed by atoms with Crippen molar-refractivity contribution >= 4 is 11.6 Å². The van der Waals surface area contributed by atoms with Gasteiger partial charge in [-0.2, -0.15) is 5.26 Å². The number of para-hydroxylation sites is 1. The number of hydrogen-bond donors (Lipinski definition) is 0. The molecule has 0 amide bonds. The van der Waals surface area contributed by atoms with E-state index >= 15 is 0 Å². The van der Waals surface area contributed by atoms with Crippen molar-refractivity contribution in [1.82, 2.24) is 0 Å². The van der Waals surface area contributed by atoms with Gasteiger partial charge in [-0.15, -0.1) is 0 Å². The zero-order valence-electron chi connectivity index (χ0n) is 10.1. The van der Waals surface area contributed by atoms with Crippen LogP contribution in [0.15, 0.2) is 54.6 Å². The van der Waals surface area contributed by atoms with Crippen LogP contribution in [0.3, 0.4) is 0 Å². The number of ether oxygens (including phenoxy) is 1. The predicted octanol–water partition coefficient (Wildman–Crippen LogP) is 3.76. The first-order valence-electron chi connectivity index (χ1n) is 5.65. The Labute approximate surface area is 107 Å². The molecule has 0 heterocycles. The largest absolute Gasteiger partial charge is 0.496 e. The molecule has 0 fully saturated rings. The van der Waals surface area contributed by atoms with E-state index in [1.54, 1.807) is 7.11 Å². The molecule has 2 heteroatoms. The molecule has 2 rings (SSSR count). The fourth-order valence-electron chi connectivity index (χ4n) is 1.75. The molecule has 0 aromatic heterocycles. The van der Waals surface area contributed by atoms with Gasteiger partial charge in [0.05, 0.1) is 18.8 Å². The molecule has 0 saturated heterocycles. The molecule has 0 bridgehead atoms. The summed E-state index contributed by atoms with van der Waals surface area (Å²) in [6.07, 6.45) is 1.86. The van der Waals surface area contributed by atoms with E-state index in [1.165, 1.54) is 0 Å². The monoisotopic (exact) mass is 235 g/mol. The minimum atomic E-state index is 0.596. The summed E-state index contributed by atoms with van der Waals surface area (Å²) in [6.45, 7) is 0. The van der Waals surface area contributed by atoms with Gasteiger partial charge in [0.2, 0.25) is 0 Å². The molecular formula is C16H13NO. The van der Waals surface area contributed by atoms with Gasteiger partial charge in [-0.1, -0.05) is 42.5 Å². The van der Waals surface area contributed by atoms with Gasteiger partial charge in [0.15, 0.2) is 0 Å². The van der Waals surface area contributed by atoms with Crippen LogP contribution in [0.1, 0.15) is 11.1 Å². The highest BCUT2D eigenvalue weighted by Gasteiger charge is 2.06. The zero-order valence-corrected chi connectivity index (χ0v) is 10.1. The Balaban J connectivity index is 2.47. The van der Waals surface area contributed by atoms with E-state index in [-0.39, 0.29) is 0 Å². The fourth-order valence-corrected chi connectivity index (χ4v) is 1.75. The second kappa shape index (κ2) is 5.70. The van der Waals surface area contributed by atoms with Gasteiger partial charge in [-0.25, -0.2) is 0 Å². The fraction of sp³-hybridized carbons (Fsp3) is 0.0625. The number of methoxy groups -OCH3 is 1. The third kappa shape index (κ3) is 2.58. The Bertz CT molecular complexity index is 594. The first-order valence-corrected chi connectivity index (χ1v) is 5.65. The number of allylic oxidation sites excluding steroid dienone is 1. The van der Waals surface area contributed by atoms with Gasteiger partial charge in [0, 0.05) is 5.56 Å². The maximum Gasteiger partial charge on any atom is 0.127 e. The molecule has 2 aromatic rings. The topological polar surface area (TPSA) is 33.0 Å². The molecule has 2 aromatic carbocycles. The Hall–Kier alpha value is -2.53. The molecule has 0 atom stereocenters. The Kier molecular flexibility index (Phi) is 3.78. The predicted molar refractivity (Wildman–Crippen MR) is 72.9 cm³/mol. The molecule has 0 spiro atoms. The van der Waals surface area contributed by atoms with Crippen molar-refractivity contribution in [1.29, 1.82) is 5.26 Å².